The van der Waals surface area contributed by atoms with E-state index in [0.717, 1.165) is 5.56 Å². The molecule has 7 nitrogen and oxygen atoms in total. The average Bonchev–Trinajstić information content (AvgIpc) is 2.49. The Hall–Kier alpha value is -2.83. The van der Waals surface area contributed by atoms with Crippen molar-refractivity contribution in [2.45, 2.75) is 26.7 Å². The standard InChI is InChI=1S/C17H19NO6/c1-9-6-12(23-3)16-10(2)11(17(22)24-13(16)7-9)8-14(19)18-5-4-15(20)21/h6-7H,4-5,8H2,1-3H3,(H,18,19)(H,20,21)/p-1. The molecule has 0 fully saturated rings. The number of methoxy groups -OCH3 is 1. The van der Waals surface area contributed by atoms with Crippen molar-refractivity contribution in [2.24, 2.45) is 0 Å². The minimum absolute atomic E-state index is 0.0539. The zero-order valence-corrected chi connectivity index (χ0v) is 13.7. The number of carbonyl (C=O) groups is 2. The zero-order valence-electron chi connectivity index (χ0n) is 13.7. The molecule has 2 rings (SSSR count). The third-order valence-electron chi connectivity index (χ3n) is 3.70. The summed E-state index contributed by atoms with van der Waals surface area (Å²) in [5, 5.41) is 13.4. The van der Waals surface area contributed by atoms with Gasteiger partial charge in [0.1, 0.15) is 11.3 Å². The van der Waals surface area contributed by atoms with Crippen molar-refractivity contribution >= 4 is 22.8 Å². The molecule has 0 aliphatic carbocycles. The molecule has 2 aromatic rings. The first-order valence-corrected chi connectivity index (χ1v) is 7.41. The number of amides is 1. The highest BCUT2D eigenvalue weighted by atomic mass is 16.5. The van der Waals surface area contributed by atoms with E-state index < -0.39 is 17.5 Å². The van der Waals surface area contributed by atoms with E-state index in [1.165, 1.54) is 7.11 Å². The number of ether oxygens (including phenoxy) is 1. The van der Waals surface area contributed by atoms with Crippen LogP contribution in [0.15, 0.2) is 21.3 Å². The van der Waals surface area contributed by atoms with E-state index in [1.807, 2.05) is 13.0 Å². The molecule has 1 aromatic carbocycles. The Kier molecular flexibility index (Phi) is 5.23. The second kappa shape index (κ2) is 7.16. The first kappa shape index (κ1) is 17.5. The highest BCUT2D eigenvalue weighted by Crippen LogP contribution is 2.30. The van der Waals surface area contributed by atoms with Crippen molar-refractivity contribution in [3.63, 3.8) is 0 Å². The second-order valence-corrected chi connectivity index (χ2v) is 5.48. The van der Waals surface area contributed by atoms with E-state index >= 15 is 0 Å². The third kappa shape index (κ3) is 3.73. The predicted octanol–water partition coefficient (Wildman–Crippen LogP) is 0.217. The molecule has 0 spiro atoms. The molecule has 24 heavy (non-hydrogen) atoms. The molecule has 0 bridgehead atoms. The fourth-order valence-electron chi connectivity index (χ4n) is 2.53. The number of carbonyl (C=O) groups excluding carboxylic acids is 2. The van der Waals surface area contributed by atoms with Crippen LogP contribution >= 0.6 is 0 Å². The van der Waals surface area contributed by atoms with Crippen LogP contribution in [-0.2, 0) is 16.0 Å². The average molecular weight is 332 g/mol. The smallest absolute Gasteiger partial charge is 0.340 e. The van der Waals surface area contributed by atoms with Gasteiger partial charge in [-0.05, 0) is 37.1 Å². The third-order valence-corrected chi connectivity index (χ3v) is 3.70. The van der Waals surface area contributed by atoms with Gasteiger partial charge in [-0.1, -0.05) is 0 Å². The van der Waals surface area contributed by atoms with Gasteiger partial charge in [-0.25, -0.2) is 4.79 Å². The van der Waals surface area contributed by atoms with E-state index in [4.69, 9.17) is 9.15 Å². The Morgan fingerprint density at radius 1 is 1.29 bits per heavy atom. The lowest BCUT2D eigenvalue weighted by Crippen LogP contribution is -2.32. The number of aryl methyl sites for hydroxylation is 2. The van der Waals surface area contributed by atoms with Crippen molar-refractivity contribution in [1.82, 2.24) is 5.32 Å². The number of carboxylic acid groups (broad SMARTS) is 1. The summed E-state index contributed by atoms with van der Waals surface area (Å²) < 4.78 is 10.7. The molecule has 1 N–H and O–H groups in total. The minimum Gasteiger partial charge on any atom is -0.550 e. The molecular formula is C17H18NO6-. The lowest BCUT2D eigenvalue weighted by molar-refractivity contribution is -0.305. The number of fused-ring (bicyclic) bond motifs is 1. The SMILES string of the molecule is COc1cc(C)cc2oc(=O)c(CC(=O)NCCC(=O)[O-])c(C)c12. The van der Waals surface area contributed by atoms with E-state index in [0.29, 0.717) is 22.3 Å². The summed E-state index contributed by atoms with van der Waals surface area (Å²) in [6.45, 7) is 3.53. The number of rotatable bonds is 6. The highest BCUT2D eigenvalue weighted by Gasteiger charge is 2.17. The molecule has 0 unspecified atom stereocenters. The Morgan fingerprint density at radius 3 is 2.62 bits per heavy atom. The van der Waals surface area contributed by atoms with Gasteiger partial charge in [-0.15, -0.1) is 0 Å². The number of nitrogens with one attached hydrogen (secondary N) is 1. The summed E-state index contributed by atoms with van der Waals surface area (Å²) in [7, 11) is 1.52. The van der Waals surface area contributed by atoms with Crippen LogP contribution in [0, 0.1) is 13.8 Å². The molecule has 0 radical (unpaired) electrons. The first-order valence-electron chi connectivity index (χ1n) is 7.41. The largest absolute Gasteiger partial charge is 0.550 e. The number of benzene rings is 1. The second-order valence-electron chi connectivity index (χ2n) is 5.48. The summed E-state index contributed by atoms with van der Waals surface area (Å²) >= 11 is 0. The van der Waals surface area contributed by atoms with Crippen molar-refractivity contribution < 1.29 is 23.8 Å². The molecule has 7 heteroatoms. The minimum atomic E-state index is -1.25. The molecule has 0 aliphatic rings. The first-order chi connectivity index (χ1) is 11.3. The summed E-state index contributed by atoms with van der Waals surface area (Å²) in [4.78, 5) is 34.4. The maximum absolute atomic E-state index is 12.2. The molecule has 0 aliphatic heterocycles. The quantitative estimate of drug-likeness (QED) is 0.758. The zero-order chi connectivity index (χ0) is 17.9. The Morgan fingerprint density at radius 2 is 2.00 bits per heavy atom. The number of hydrogen-bond donors (Lipinski definition) is 1. The van der Waals surface area contributed by atoms with Crippen molar-refractivity contribution in [1.29, 1.82) is 0 Å². The summed E-state index contributed by atoms with van der Waals surface area (Å²) in [5.41, 5.74) is 1.51. The van der Waals surface area contributed by atoms with Crippen LogP contribution in [-0.4, -0.2) is 25.5 Å². The van der Waals surface area contributed by atoms with Crippen molar-refractivity contribution in [3.05, 3.63) is 39.2 Å². The van der Waals surface area contributed by atoms with Crippen LogP contribution in [0.25, 0.3) is 11.0 Å². The molecule has 128 valence electrons. The van der Waals surface area contributed by atoms with Crippen LogP contribution in [0.1, 0.15) is 23.1 Å². The Balaban J connectivity index is 2.37. The molecule has 1 heterocycles. The van der Waals surface area contributed by atoms with Gasteiger partial charge in [0, 0.05) is 18.9 Å². The van der Waals surface area contributed by atoms with Crippen molar-refractivity contribution in [2.75, 3.05) is 13.7 Å². The van der Waals surface area contributed by atoms with E-state index in [2.05, 4.69) is 5.32 Å². The van der Waals surface area contributed by atoms with Gasteiger partial charge in [-0.2, -0.15) is 0 Å². The summed E-state index contributed by atoms with van der Waals surface area (Å²) in [6.07, 6.45) is -0.488. The van der Waals surface area contributed by atoms with Crippen LogP contribution in [0.3, 0.4) is 0 Å². The summed E-state index contributed by atoms with van der Waals surface area (Å²) in [5.74, 6) is -1.15. The molecule has 1 amide bonds. The molecule has 0 saturated carbocycles. The molecule has 0 saturated heterocycles. The summed E-state index contributed by atoms with van der Waals surface area (Å²) in [6, 6.07) is 3.55. The van der Waals surface area contributed by atoms with Crippen LogP contribution in [0.2, 0.25) is 0 Å². The number of carboxylic acids is 1. The fraction of sp³-hybridized carbons (Fsp3) is 0.353. The molecular weight excluding hydrogens is 314 g/mol. The Bertz CT molecular complexity index is 852. The maximum atomic E-state index is 12.2. The predicted molar refractivity (Wildman–Crippen MR) is 84.8 cm³/mol. The topological polar surface area (TPSA) is 109 Å². The molecule has 1 aromatic heterocycles. The van der Waals surface area contributed by atoms with Gasteiger partial charge in [0.2, 0.25) is 5.91 Å². The van der Waals surface area contributed by atoms with Gasteiger partial charge in [0.05, 0.1) is 24.5 Å². The normalized spacial score (nSPS) is 10.6. The van der Waals surface area contributed by atoms with Crippen LogP contribution in [0.4, 0.5) is 0 Å². The monoisotopic (exact) mass is 332 g/mol. The fourth-order valence-corrected chi connectivity index (χ4v) is 2.53. The van der Waals surface area contributed by atoms with Gasteiger partial charge < -0.3 is 24.4 Å². The van der Waals surface area contributed by atoms with Crippen molar-refractivity contribution in [3.8, 4) is 5.75 Å². The lowest BCUT2D eigenvalue weighted by Gasteiger charge is -2.12. The lowest BCUT2D eigenvalue weighted by atomic mass is 10.0. The van der Waals surface area contributed by atoms with Crippen LogP contribution < -0.4 is 20.8 Å². The van der Waals surface area contributed by atoms with Gasteiger partial charge in [0.15, 0.2) is 0 Å². The Labute approximate surface area is 138 Å². The van der Waals surface area contributed by atoms with Gasteiger partial charge in [-0.3, -0.25) is 4.79 Å². The highest BCUT2D eigenvalue weighted by molar-refractivity contribution is 5.89. The van der Waals surface area contributed by atoms with E-state index in [9.17, 15) is 19.5 Å². The number of aliphatic carboxylic acids is 1. The van der Waals surface area contributed by atoms with Crippen LogP contribution in [0.5, 0.6) is 5.75 Å². The maximum Gasteiger partial charge on any atom is 0.340 e. The van der Waals surface area contributed by atoms with Gasteiger partial charge in [0.25, 0.3) is 0 Å². The van der Waals surface area contributed by atoms with E-state index in [-0.39, 0.29) is 24.9 Å². The molecule has 0 atom stereocenters. The number of hydrogen-bond acceptors (Lipinski definition) is 6. The van der Waals surface area contributed by atoms with Gasteiger partial charge >= 0.3 is 5.63 Å². The van der Waals surface area contributed by atoms with E-state index in [1.54, 1.807) is 13.0 Å².